The van der Waals surface area contributed by atoms with Crippen LogP contribution in [-0.2, 0) is 6.42 Å². The normalized spacial score (nSPS) is 10.8. The van der Waals surface area contributed by atoms with E-state index >= 15 is 0 Å². The summed E-state index contributed by atoms with van der Waals surface area (Å²) in [4.78, 5) is 3.22. The number of aromatic nitrogens is 1. The third kappa shape index (κ3) is 0.934. The molecule has 0 amide bonds. The van der Waals surface area contributed by atoms with Gasteiger partial charge in [-0.2, -0.15) is 0 Å². The minimum atomic E-state index is 1.11. The van der Waals surface area contributed by atoms with Crippen molar-refractivity contribution in [1.82, 2.24) is 4.98 Å². The molecule has 1 N–H and O–H groups in total. The van der Waals surface area contributed by atoms with Crippen LogP contribution in [0.4, 0.5) is 0 Å². The van der Waals surface area contributed by atoms with E-state index in [1.54, 1.807) is 0 Å². The van der Waals surface area contributed by atoms with Crippen LogP contribution in [-0.4, -0.2) is 4.98 Å². The number of hydrogen-bond donors (Lipinski definition) is 1. The van der Waals surface area contributed by atoms with Gasteiger partial charge >= 0.3 is 0 Å². The standard InChI is InChI=1S/C11H13N/c1-3-9-8(2)4-5-11-10(9)6-7-12-11/h4-7,12H,3H2,1-2H3. The molecule has 0 unspecified atom stereocenters. The Kier molecular flexibility index (Phi) is 1.65. The summed E-state index contributed by atoms with van der Waals surface area (Å²) in [6.07, 6.45) is 3.12. The Hall–Kier alpha value is -1.24. The van der Waals surface area contributed by atoms with Crippen molar-refractivity contribution < 1.29 is 0 Å². The van der Waals surface area contributed by atoms with Gasteiger partial charge in [-0.25, -0.2) is 0 Å². The maximum absolute atomic E-state index is 3.22. The Bertz CT molecular complexity index is 398. The lowest BCUT2D eigenvalue weighted by Gasteiger charge is -2.03. The van der Waals surface area contributed by atoms with Crippen LogP contribution in [0, 0.1) is 6.92 Å². The molecule has 62 valence electrons. The van der Waals surface area contributed by atoms with Crippen LogP contribution in [0.1, 0.15) is 18.1 Å². The minimum absolute atomic E-state index is 1.11. The summed E-state index contributed by atoms with van der Waals surface area (Å²) in [6.45, 7) is 4.38. The second-order valence-corrected chi connectivity index (χ2v) is 3.15. The average Bonchev–Trinajstić information content (AvgIpc) is 2.52. The monoisotopic (exact) mass is 159 g/mol. The van der Waals surface area contributed by atoms with E-state index in [0.717, 1.165) is 6.42 Å². The molecule has 1 nitrogen and oxygen atoms in total. The van der Waals surface area contributed by atoms with Gasteiger partial charge < -0.3 is 4.98 Å². The third-order valence-corrected chi connectivity index (χ3v) is 2.43. The van der Waals surface area contributed by atoms with Gasteiger partial charge in [0, 0.05) is 17.1 Å². The van der Waals surface area contributed by atoms with Gasteiger partial charge in [-0.1, -0.05) is 13.0 Å². The van der Waals surface area contributed by atoms with Crippen molar-refractivity contribution in [3.05, 3.63) is 35.5 Å². The van der Waals surface area contributed by atoms with E-state index in [2.05, 4.69) is 37.0 Å². The maximum atomic E-state index is 3.22. The average molecular weight is 159 g/mol. The highest BCUT2D eigenvalue weighted by molar-refractivity contribution is 5.84. The van der Waals surface area contributed by atoms with E-state index < -0.39 is 0 Å². The fourth-order valence-corrected chi connectivity index (χ4v) is 1.77. The second kappa shape index (κ2) is 2.67. The molecule has 1 aromatic carbocycles. The molecule has 0 saturated carbocycles. The van der Waals surface area contributed by atoms with Gasteiger partial charge in [-0.05, 0) is 36.6 Å². The molecule has 2 aromatic rings. The Morgan fingerprint density at radius 3 is 2.83 bits per heavy atom. The van der Waals surface area contributed by atoms with E-state index in [1.165, 1.54) is 22.0 Å². The largest absolute Gasteiger partial charge is 0.361 e. The number of H-pyrrole nitrogens is 1. The summed E-state index contributed by atoms with van der Waals surface area (Å²) in [5.41, 5.74) is 4.11. The highest BCUT2D eigenvalue weighted by Crippen LogP contribution is 2.21. The minimum Gasteiger partial charge on any atom is -0.361 e. The summed E-state index contributed by atoms with van der Waals surface area (Å²) in [5.74, 6) is 0. The lowest BCUT2D eigenvalue weighted by molar-refractivity contribution is 1.13. The molecular weight excluding hydrogens is 146 g/mol. The fraction of sp³-hybridized carbons (Fsp3) is 0.273. The molecule has 1 heterocycles. The van der Waals surface area contributed by atoms with Crippen molar-refractivity contribution in [1.29, 1.82) is 0 Å². The number of nitrogens with one attached hydrogen (secondary N) is 1. The fourth-order valence-electron chi connectivity index (χ4n) is 1.77. The lowest BCUT2D eigenvalue weighted by atomic mass is 10.0. The van der Waals surface area contributed by atoms with Gasteiger partial charge in [0.25, 0.3) is 0 Å². The number of benzene rings is 1. The summed E-state index contributed by atoms with van der Waals surface area (Å²) in [5, 5.41) is 1.37. The van der Waals surface area contributed by atoms with E-state index in [9.17, 15) is 0 Å². The van der Waals surface area contributed by atoms with Crippen molar-refractivity contribution in [2.75, 3.05) is 0 Å². The van der Waals surface area contributed by atoms with E-state index in [-0.39, 0.29) is 0 Å². The molecule has 0 fully saturated rings. The van der Waals surface area contributed by atoms with Gasteiger partial charge in [0.15, 0.2) is 0 Å². The Labute approximate surface area is 72.4 Å². The number of aryl methyl sites for hydroxylation is 2. The summed E-state index contributed by atoms with van der Waals surface area (Å²) in [6, 6.07) is 6.47. The number of rotatable bonds is 1. The first-order chi connectivity index (χ1) is 5.83. The van der Waals surface area contributed by atoms with Crippen LogP contribution in [0.3, 0.4) is 0 Å². The van der Waals surface area contributed by atoms with E-state index in [0.29, 0.717) is 0 Å². The quantitative estimate of drug-likeness (QED) is 0.658. The molecule has 0 aliphatic carbocycles. The molecule has 0 radical (unpaired) electrons. The molecule has 2 rings (SSSR count). The first-order valence-corrected chi connectivity index (χ1v) is 4.38. The molecule has 1 heteroatoms. The van der Waals surface area contributed by atoms with Crippen molar-refractivity contribution >= 4 is 10.9 Å². The first kappa shape index (κ1) is 7.41. The third-order valence-electron chi connectivity index (χ3n) is 2.43. The SMILES string of the molecule is CCc1c(C)ccc2[nH]ccc12. The molecule has 12 heavy (non-hydrogen) atoms. The zero-order chi connectivity index (χ0) is 8.55. The van der Waals surface area contributed by atoms with Crippen molar-refractivity contribution in [3.63, 3.8) is 0 Å². The topological polar surface area (TPSA) is 15.8 Å². The van der Waals surface area contributed by atoms with Crippen LogP contribution >= 0.6 is 0 Å². The van der Waals surface area contributed by atoms with Crippen LogP contribution in [0.25, 0.3) is 10.9 Å². The molecule has 0 aliphatic heterocycles. The molecule has 0 bridgehead atoms. The van der Waals surface area contributed by atoms with Crippen LogP contribution < -0.4 is 0 Å². The van der Waals surface area contributed by atoms with Gasteiger partial charge in [-0.15, -0.1) is 0 Å². The summed E-state index contributed by atoms with van der Waals surface area (Å²) >= 11 is 0. The number of hydrogen-bond acceptors (Lipinski definition) is 0. The molecule has 0 saturated heterocycles. The van der Waals surface area contributed by atoms with Crippen LogP contribution in [0.5, 0.6) is 0 Å². The summed E-state index contributed by atoms with van der Waals surface area (Å²) in [7, 11) is 0. The van der Waals surface area contributed by atoms with Crippen molar-refractivity contribution in [2.24, 2.45) is 0 Å². The lowest BCUT2D eigenvalue weighted by Crippen LogP contribution is -1.86. The summed E-state index contributed by atoms with van der Waals surface area (Å²) < 4.78 is 0. The zero-order valence-corrected chi connectivity index (χ0v) is 7.52. The Morgan fingerprint density at radius 2 is 2.08 bits per heavy atom. The van der Waals surface area contributed by atoms with Gasteiger partial charge in [0.1, 0.15) is 0 Å². The Balaban J connectivity index is 2.83. The molecule has 1 aromatic heterocycles. The molecule has 0 atom stereocenters. The van der Waals surface area contributed by atoms with Crippen LogP contribution in [0.15, 0.2) is 24.4 Å². The van der Waals surface area contributed by atoms with E-state index in [1.807, 2.05) is 6.20 Å². The van der Waals surface area contributed by atoms with Gasteiger partial charge in [0.2, 0.25) is 0 Å². The molecule has 0 spiro atoms. The van der Waals surface area contributed by atoms with Crippen LogP contribution in [0.2, 0.25) is 0 Å². The first-order valence-electron chi connectivity index (χ1n) is 4.38. The predicted octanol–water partition coefficient (Wildman–Crippen LogP) is 3.04. The second-order valence-electron chi connectivity index (χ2n) is 3.15. The van der Waals surface area contributed by atoms with Crippen molar-refractivity contribution in [3.8, 4) is 0 Å². The highest BCUT2D eigenvalue weighted by Gasteiger charge is 2.01. The van der Waals surface area contributed by atoms with Crippen molar-refractivity contribution in [2.45, 2.75) is 20.3 Å². The van der Waals surface area contributed by atoms with E-state index in [4.69, 9.17) is 0 Å². The smallest absolute Gasteiger partial charge is 0.0456 e. The molecular formula is C11H13N. The number of aromatic amines is 1. The number of fused-ring (bicyclic) bond motifs is 1. The highest BCUT2D eigenvalue weighted by atomic mass is 14.7. The van der Waals surface area contributed by atoms with Gasteiger partial charge in [-0.3, -0.25) is 0 Å². The zero-order valence-electron chi connectivity index (χ0n) is 7.52. The maximum Gasteiger partial charge on any atom is 0.0456 e. The Morgan fingerprint density at radius 1 is 1.25 bits per heavy atom. The predicted molar refractivity (Wildman–Crippen MR) is 52.4 cm³/mol. The van der Waals surface area contributed by atoms with Gasteiger partial charge in [0.05, 0.1) is 0 Å². The molecule has 0 aliphatic rings.